The number of aromatic nitrogens is 2. The maximum Gasteiger partial charge on any atom is 0.330 e. The Bertz CT molecular complexity index is 832. The van der Waals surface area contributed by atoms with E-state index in [0.29, 0.717) is 11.7 Å². The molecule has 0 saturated carbocycles. The summed E-state index contributed by atoms with van der Waals surface area (Å²) in [4.78, 5) is 25.3. The van der Waals surface area contributed by atoms with Crippen molar-refractivity contribution in [2.24, 2.45) is 5.92 Å². The molecule has 0 spiro atoms. The lowest BCUT2D eigenvalue weighted by atomic mass is 10.1. The highest BCUT2D eigenvalue weighted by Gasteiger charge is 2.34. The largest absolute Gasteiger partial charge is 0.352 e. The second-order valence-electron chi connectivity index (χ2n) is 5.84. The normalized spacial score (nSPS) is 24.8. The molecule has 0 bridgehead atoms. The van der Waals surface area contributed by atoms with Crippen LogP contribution in [0.2, 0.25) is 0 Å². The molecule has 1 aliphatic heterocycles. The van der Waals surface area contributed by atoms with Gasteiger partial charge in [-0.2, -0.15) is 0 Å². The number of hydrogen-bond donors (Lipinski definition) is 1. The molecule has 128 valence electrons. The second kappa shape index (κ2) is 7.30. The Morgan fingerprint density at radius 3 is 2.75 bits per heavy atom. The van der Waals surface area contributed by atoms with E-state index in [9.17, 15) is 14.2 Å². The zero-order valence-corrected chi connectivity index (χ0v) is 14.2. The molecule has 1 aromatic heterocycles. The summed E-state index contributed by atoms with van der Waals surface area (Å²) in [5.41, 5.74) is -0.943. The number of rotatable bonds is 5. The Morgan fingerprint density at radius 2 is 2.04 bits per heavy atom. The highest BCUT2D eigenvalue weighted by molar-refractivity contribution is 7.48. The van der Waals surface area contributed by atoms with Crippen LogP contribution in [0.5, 0.6) is 0 Å². The number of nitrogens with one attached hydrogen (secondary N) is 1. The number of ether oxygens (including phenoxy) is 1. The zero-order valence-electron chi connectivity index (χ0n) is 13.2. The van der Waals surface area contributed by atoms with Gasteiger partial charge in [-0.15, -0.1) is 0 Å². The molecule has 1 saturated heterocycles. The molecule has 1 aromatic carbocycles. The van der Waals surface area contributed by atoms with Crippen molar-refractivity contribution in [3.05, 3.63) is 63.4 Å². The Balaban J connectivity index is 1.63. The molecular formula is C16H19N2O5P. The Labute approximate surface area is 139 Å². The van der Waals surface area contributed by atoms with Crippen molar-refractivity contribution in [2.75, 3.05) is 6.61 Å². The van der Waals surface area contributed by atoms with Gasteiger partial charge < -0.3 is 9.26 Å². The van der Waals surface area contributed by atoms with Gasteiger partial charge in [0.2, 0.25) is 8.03 Å². The minimum absolute atomic E-state index is 0.0706. The van der Waals surface area contributed by atoms with Crippen molar-refractivity contribution in [1.29, 1.82) is 0 Å². The minimum Gasteiger partial charge on any atom is -0.352 e. The first-order chi connectivity index (χ1) is 11.5. The maximum absolute atomic E-state index is 12.1. The van der Waals surface area contributed by atoms with E-state index in [2.05, 4.69) is 4.98 Å². The van der Waals surface area contributed by atoms with Gasteiger partial charge in [0.1, 0.15) is 6.23 Å². The molecule has 2 aromatic rings. The van der Waals surface area contributed by atoms with Gasteiger partial charge in [-0.1, -0.05) is 25.1 Å². The van der Waals surface area contributed by atoms with Crippen LogP contribution >= 0.6 is 8.03 Å². The average molecular weight is 350 g/mol. The van der Waals surface area contributed by atoms with E-state index in [1.54, 1.807) is 12.1 Å². The summed E-state index contributed by atoms with van der Waals surface area (Å²) in [5.74, 6) is 0.0706. The molecule has 0 aliphatic carbocycles. The van der Waals surface area contributed by atoms with E-state index in [1.807, 2.05) is 25.1 Å². The van der Waals surface area contributed by atoms with Gasteiger partial charge in [-0.05, 0) is 18.6 Å². The number of aromatic amines is 1. The van der Waals surface area contributed by atoms with Crippen molar-refractivity contribution < 1.29 is 13.8 Å². The molecule has 1 aliphatic rings. The van der Waals surface area contributed by atoms with E-state index in [-0.39, 0.29) is 18.6 Å². The quantitative estimate of drug-likeness (QED) is 0.821. The van der Waals surface area contributed by atoms with Crippen LogP contribution in [0.4, 0.5) is 0 Å². The SMILES string of the molecule is C[C@H]1CC(CO[PH](=O)c2ccccc2)OC1n1ccc(=O)[nH]c1=O. The summed E-state index contributed by atoms with van der Waals surface area (Å²) in [6, 6.07) is 10.3. The topological polar surface area (TPSA) is 90.4 Å². The summed E-state index contributed by atoms with van der Waals surface area (Å²) in [6.45, 7) is 2.16. The van der Waals surface area contributed by atoms with E-state index in [1.165, 1.54) is 16.8 Å². The van der Waals surface area contributed by atoms with E-state index in [4.69, 9.17) is 9.26 Å². The summed E-state index contributed by atoms with van der Waals surface area (Å²) < 4.78 is 24.8. The van der Waals surface area contributed by atoms with Gasteiger partial charge in [-0.3, -0.25) is 18.9 Å². The molecule has 4 atom stereocenters. The van der Waals surface area contributed by atoms with Gasteiger partial charge in [0.15, 0.2) is 0 Å². The molecule has 3 rings (SSSR count). The molecule has 3 unspecified atom stereocenters. The van der Waals surface area contributed by atoms with Crippen LogP contribution in [0.25, 0.3) is 0 Å². The lowest BCUT2D eigenvalue weighted by Crippen LogP contribution is -2.33. The monoisotopic (exact) mass is 350 g/mol. The Hall–Kier alpha value is -1.95. The fourth-order valence-corrected chi connectivity index (χ4v) is 3.79. The van der Waals surface area contributed by atoms with Gasteiger partial charge in [0.25, 0.3) is 5.56 Å². The molecule has 0 amide bonds. The summed E-state index contributed by atoms with van der Waals surface area (Å²) in [6.07, 6.45) is 1.39. The molecule has 24 heavy (non-hydrogen) atoms. The van der Waals surface area contributed by atoms with E-state index in [0.717, 1.165) is 0 Å². The first-order valence-electron chi connectivity index (χ1n) is 7.73. The smallest absolute Gasteiger partial charge is 0.330 e. The molecule has 2 heterocycles. The minimum atomic E-state index is -2.31. The predicted molar refractivity (Wildman–Crippen MR) is 90.0 cm³/mol. The summed E-state index contributed by atoms with van der Waals surface area (Å²) in [5, 5.41) is 0.668. The van der Waals surface area contributed by atoms with E-state index < -0.39 is 25.5 Å². The molecule has 1 fully saturated rings. The predicted octanol–water partition coefficient (Wildman–Crippen LogP) is 1.28. The lowest BCUT2D eigenvalue weighted by Gasteiger charge is -2.17. The summed E-state index contributed by atoms with van der Waals surface area (Å²) >= 11 is 0. The van der Waals surface area contributed by atoms with Crippen LogP contribution in [0, 0.1) is 5.92 Å². The fourth-order valence-electron chi connectivity index (χ4n) is 2.82. The van der Waals surface area contributed by atoms with Crippen LogP contribution in [0.15, 0.2) is 52.2 Å². The van der Waals surface area contributed by atoms with Gasteiger partial charge >= 0.3 is 5.69 Å². The van der Waals surface area contributed by atoms with Crippen molar-refractivity contribution in [3.8, 4) is 0 Å². The Morgan fingerprint density at radius 1 is 1.29 bits per heavy atom. The highest BCUT2D eigenvalue weighted by atomic mass is 31.1. The highest BCUT2D eigenvalue weighted by Crippen LogP contribution is 2.34. The van der Waals surface area contributed by atoms with Crippen LogP contribution in [-0.2, 0) is 13.8 Å². The van der Waals surface area contributed by atoms with Gasteiger partial charge in [0.05, 0.1) is 12.7 Å². The second-order valence-corrected chi connectivity index (χ2v) is 7.28. The number of nitrogens with zero attached hydrogens (tertiary/aromatic N) is 1. The zero-order chi connectivity index (χ0) is 17.1. The first-order valence-corrected chi connectivity index (χ1v) is 9.05. The molecule has 8 heteroatoms. The number of benzene rings is 1. The number of H-pyrrole nitrogens is 1. The standard InChI is InChI=1S/C16H19N2O5P/c1-11-9-12(10-22-24(21)13-5-3-2-4-6-13)23-15(11)18-8-7-14(19)17-16(18)20/h2-8,11-12,15,24H,9-10H2,1H3,(H,17,19,20)/t11-,12?,15?/m0/s1. The number of hydrogen-bond acceptors (Lipinski definition) is 5. The van der Waals surface area contributed by atoms with E-state index >= 15 is 0 Å². The van der Waals surface area contributed by atoms with Crippen LogP contribution < -0.4 is 16.6 Å². The van der Waals surface area contributed by atoms with Crippen molar-refractivity contribution in [1.82, 2.24) is 9.55 Å². The molecule has 1 N–H and O–H groups in total. The molecule has 7 nitrogen and oxygen atoms in total. The van der Waals surface area contributed by atoms with Crippen LogP contribution in [0.3, 0.4) is 0 Å². The van der Waals surface area contributed by atoms with Crippen LogP contribution in [-0.4, -0.2) is 22.3 Å². The third-order valence-corrected chi connectivity index (χ3v) is 5.22. The maximum atomic E-state index is 12.1. The van der Waals surface area contributed by atoms with Gasteiger partial charge in [0, 0.05) is 23.5 Å². The fraction of sp³-hybridized carbons (Fsp3) is 0.375. The average Bonchev–Trinajstić information content (AvgIpc) is 2.94. The van der Waals surface area contributed by atoms with Crippen molar-refractivity contribution in [3.63, 3.8) is 0 Å². The van der Waals surface area contributed by atoms with Gasteiger partial charge in [-0.25, -0.2) is 4.79 Å². The van der Waals surface area contributed by atoms with Crippen LogP contribution in [0.1, 0.15) is 19.6 Å². The lowest BCUT2D eigenvalue weighted by molar-refractivity contribution is -0.0283. The van der Waals surface area contributed by atoms with Crippen molar-refractivity contribution >= 4 is 13.3 Å². The third-order valence-electron chi connectivity index (χ3n) is 3.99. The summed E-state index contributed by atoms with van der Waals surface area (Å²) in [7, 11) is -2.31. The molecular weight excluding hydrogens is 331 g/mol. The molecule has 0 radical (unpaired) electrons. The Kier molecular flexibility index (Phi) is 5.14. The third kappa shape index (κ3) is 3.75. The van der Waals surface area contributed by atoms with Crippen molar-refractivity contribution in [2.45, 2.75) is 25.7 Å². The first kappa shape index (κ1) is 16.9.